The second-order valence-corrected chi connectivity index (χ2v) is 5.40. The summed E-state index contributed by atoms with van der Waals surface area (Å²) in [6, 6.07) is 14.7. The minimum absolute atomic E-state index is 0.0776. The van der Waals surface area contributed by atoms with Crippen LogP contribution in [0.15, 0.2) is 53.3 Å². The zero-order chi connectivity index (χ0) is 14.8. The van der Waals surface area contributed by atoms with E-state index in [0.29, 0.717) is 28.3 Å². The van der Waals surface area contributed by atoms with Crippen molar-refractivity contribution in [2.45, 2.75) is 12.4 Å². The highest BCUT2D eigenvalue weighted by atomic mass is 35.5. The van der Waals surface area contributed by atoms with Gasteiger partial charge in [0, 0.05) is 5.02 Å². The number of rotatable bonds is 3. The van der Waals surface area contributed by atoms with E-state index in [2.05, 4.69) is 4.98 Å². The maximum Gasteiger partial charge on any atom is 0.261 e. The van der Waals surface area contributed by atoms with Crippen LogP contribution >= 0.6 is 23.2 Å². The average Bonchev–Trinajstić information content (AvgIpc) is 2.52. The van der Waals surface area contributed by atoms with E-state index in [1.807, 2.05) is 30.3 Å². The van der Waals surface area contributed by atoms with Crippen LogP contribution in [0.3, 0.4) is 0 Å². The molecule has 1 heterocycles. The Bertz CT molecular complexity index is 841. The molecule has 3 rings (SSSR count). The van der Waals surface area contributed by atoms with Gasteiger partial charge in [0.2, 0.25) is 0 Å². The normalized spacial score (nSPS) is 11.0. The lowest BCUT2D eigenvalue weighted by Gasteiger charge is -2.12. The lowest BCUT2D eigenvalue weighted by molar-refractivity contribution is 0.706. The summed E-state index contributed by atoms with van der Waals surface area (Å²) in [6.07, 6.45) is 0. The zero-order valence-corrected chi connectivity index (χ0v) is 12.6. The number of fused-ring (bicyclic) bond motifs is 1. The SMILES string of the molecule is O=c1c2ccccc2nc(CCl)n1Cc1ccc(Cl)cc1. The predicted molar refractivity (Wildman–Crippen MR) is 86.1 cm³/mol. The standard InChI is InChI=1S/C16H12Cl2N2O/c17-9-15-19-14-4-2-1-3-13(14)16(21)20(15)10-11-5-7-12(18)8-6-11/h1-8H,9-10H2. The molecule has 0 aliphatic rings. The Kier molecular flexibility index (Phi) is 3.95. The van der Waals surface area contributed by atoms with Gasteiger partial charge in [0.15, 0.2) is 0 Å². The summed E-state index contributed by atoms with van der Waals surface area (Å²) in [5.74, 6) is 0.753. The first kappa shape index (κ1) is 14.1. The van der Waals surface area contributed by atoms with Gasteiger partial charge in [0.05, 0.1) is 23.3 Å². The first-order chi connectivity index (χ1) is 10.2. The summed E-state index contributed by atoms with van der Waals surface area (Å²) in [7, 11) is 0. The lowest BCUT2D eigenvalue weighted by Crippen LogP contribution is -2.25. The van der Waals surface area contributed by atoms with E-state index in [1.165, 1.54) is 0 Å². The van der Waals surface area contributed by atoms with Gasteiger partial charge < -0.3 is 0 Å². The number of hydrogen-bond donors (Lipinski definition) is 0. The Labute approximate surface area is 131 Å². The summed E-state index contributed by atoms with van der Waals surface area (Å²) >= 11 is 11.8. The van der Waals surface area contributed by atoms with Crippen LogP contribution in [0.5, 0.6) is 0 Å². The monoisotopic (exact) mass is 318 g/mol. The van der Waals surface area contributed by atoms with Crippen LogP contribution in [0, 0.1) is 0 Å². The molecular weight excluding hydrogens is 307 g/mol. The van der Waals surface area contributed by atoms with E-state index in [1.54, 1.807) is 22.8 Å². The van der Waals surface area contributed by atoms with E-state index < -0.39 is 0 Å². The van der Waals surface area contributed by atoms with E-state index in [-0.39, 0.29) is 11.4 Å². The van der Waals surface area contributed by atoms with E-state index >= 15 is 0 Å². The molecule has 0 fully saturated rings. The highest BCUT2D eigenvalue weighted by Crippen LogP contribution is 2.13. The molecule has 2 aromatic carbocycles. The second kappa shape index (κ2) is 5.88. The smallest absolute Gasteiger partial charge is 0.261 e. The van der Waals surface area contributed by atoms with Crippen molar-refractivity contribution in [2.24, 2.45) is 0 Å². The van der Waals surface area contributed by atoms with Gasteiger partial charge in [0.25, 0.3) is 5.56 Å². The molecule has 0 atom stereocenters. The Morgan fingerprint density at radius 2 is 1.76 bits per heavy atom. The average molecular weight is 319 g/mol. The second-order valence-electron chi connectivity index (χ2n) is 4.70. The van der Waals surface area contributed by atoms with Crippen molar-refractivity contribution in [3.8, 4) is 0 Å². The van der Waals surface area contributed by atoms with E-state index in [9.17, 15) is 4.79 Å². The van der Waals surface area contributed by atoms with Crippen molar-refractivity contribution < 1.29 is 0 Å². The minimum Gasteiger partial charge on any atom is -0.291 e. The molecule has 0 N–H and O–H groups in total. The van der Waals surface area contributed by atoms with Crippen LogP contribution in [-0.2, 0) is 12.4 Å². The number of alkyl halides is 1. The largest absolute Gasteiger partial charge is 0.291 e. The van der Waals surface area contributed by atoms with Gasteiger partial charge in [-0.25, -0.2) is 4.98 Å². The molecule has 5 heteroatoms. The predicted octanol–water partition coefficient (Wildman–Crippen LogP) is 3.84. The van der Waals surface area contributed by atoms with Crippen molar-refractivity contribution in [2.75, 3.05) is 0 Å². The fraction of sp³-hybridized carbons (Fsp3) is 0.125. The lowest BCUT2D eigenvalue weighted by atomic mass is 10.2. The fourth-order valence-electron chi connectivity index (χ4n) is 2.25. The molecule has 21 heavy (non-hydrogen) atoms. The summed E-state index contributed by atoms with van der Waals surface area (Å²) in [5, 5.41) is 1.26. The zero-order valence-electron chi connectivity index (χ0n) is 11.1. The Hall–Kier alpha value is -1.84. The Morgan fingerprint density at radius 3 is 2.48 bits per heavy atom. The molecule has 0 aliphatic carbocycles. The quantitative estimate of drug-likeness (QED) is 0.688. The minimum atomic E-state index is -0.0776. The van der Waals surface area contributed by atoms with Gasteiger partial charge in [-0.1, -0.05) is 35.9 Å². The molecule has 3 nitrogen and oxygen atoms in total. The van der Waals surface area contributed by atoms with Crippen LogP contribution < -0.4 is 5.56 Å². The first-order valence-electron chi connectivity index (χ1n) is 6.48. The van der Waals surface area contributed by atoms with Gasteiger partial charge in [-0.2, -0.15) is 0 Å². The molecule has 1 aromatic heterocycles. The number of hydrogen-bond acceptors (Lipinski definition) is 2. The molecule has 0 saturated heterocycles. The molecule has 0 spiro atoms. The summed E-state index contributed by atoms with van der Waals surface area (Å²) < 4.78 is 1.61. The van der Waals surface area contributed by atoms with E-state index in [0.717, 1.165) is 5.56 Å². The molecule has 0 bridgehead atoms. The molecule has 0 unspecified atom stereocenters. The molecule has 0 saturated carbocycles. The van der Waals surface area contributed by atoms with Crippen molar-refractivity contribution in [3.05, 3.63) is 75.3 Å². The number of halogens is 2. The maximum atomic E-state index is 12.6. The summed E-state index contributed by atoms with van der Waals surface area (Å²) in [5.41, 5.74) is 1.57. The van der Waals surface area contributed by atoms with Crippen LogP contribution in [0.4, 0.5) is 0 Å². The number of nitrogens with zero attached hydrogens (tertiary/aromatic N) is 2. The number of aromatic nitrogens is 2. The van der Waals surface area contributed by atoms with Gasteiger partial charge in [-0.15, -0.1) is 11.6 Å². The summed E-state index contributed by atoms with van der Waals surface area (Å²) in [6.45, 7) is 0.426. The van der Waals surface area contributed by atoms with Crippen molar-refractivity contribution in [1.29, 1.82) is 0 Å². The van der Waals surface area contributed by atoms with Gasteiger partial charge >= 0.3 is 0 Å². The van der Waals surface area contributed by atoms with Gasteiger partial charge in [-0.05, 0) is 29.8 Å². The van der Waals surface area contributed by atoms with Crippen LogP contribution in [0.2, 0.25) is 5.02 Å². The van der Waals surface area contributed by atoms with Crippen molar-refractivity contribution >= 4 is 34.1 Å². The third-order valence-electron chi connectivity index (χ3n) is 3.31. The number of benzene rings is 2. The van der Waals surface area contributed by atoms with Crippen molar-refractivity contribution in [3.63, 3.8) is 0 Å². The fourth-order valence-corrected chi connectivity index (χ4v) is 2.58. The maximum absolute atomic E-state index is 12.6. The third-order valence-corrected chi connectivity index (χ3v) is 3.81. The van der Waals surface area contributed by atoms with E-state index in [4.69, 9.17) is 23.2 Å². The van der Waals surface area contributed by atoms with Crippen LogP contribution in [0.25, 0.3) is 10.9 Å². The first-order valence-corrected chi connectivity index (χ1v) is 7.39. The topological polar surface area (TPSA) is 34.9 Å². The Morgan fingerprint density at radius 1 is 1.05 bits per heavy atom. The molecular formula is C16H12Cl2N2O. The summed E-state index contributed by atoms with van der Waals surface area (Å²) in [4.78, 5) is 17.1. The molecule has 0 radical (unpaired) electrons. The molecule has 106 valence electrons. The Balaban J connectivity index is 2.14. The highest BCUT2D eigenvalue weighted by molar-refractivity contribution is 6.30. The van der Waals surface area contributed by atoms with Gasteiger partial charge in [-0.3, -0.25) is 9.36 Å². The number of para-hydroxylation sites is 1. The third kappa shape index (κ3) is 2.80. The molecule has 0 amide bonds. The molecule has 0 aliphatic heterocycles. The van der Waals surface area contributed by atoms with Gasteiger partial charge in [0.1, 0.15) is 5.82 Å². The highest BCUT2D eigenvalue weighted by Gasteiger charge is 2.10. The van der Waals surface area contributed by atoms with Crippen molar-refractivity contribution in [1.82, 2.24) is 9.55 Å². The molecule has 3 aromatic rings. The van der Waals surface area contributed by atoms with Crippen LogP contribution in [0.1, 0.15) is 11.4 Å². The van der Waals surface area contributed by atoms with Crippen LogP contribution in [-0.4, -0.2) is 9.55 Å².